The summed E-state index contributed by atoms with van der Waals surface area (Å²) in [6, 6.07) is 13.8. The van der Waals surface area contributed by atoms with Crippen molar-refractivity contribution in [3.63, 3.8) is 0 Å². The van der Waals surface area contributed by atoms with Crippen molar-refractivity contribution in [3.8, 4) is 0 Å². The molecule has 4 heteroatoms. The standard InChI is InChI=1S/C17H19FN2O/c1-12(13-4-8-15(18)9-5-13)19-16-10-6-14(7-11-16)17(21)20(2)3/h4-12,19H,1-3H3. The van der Waals surface area contributed by atoms with E-state index in [2.05, 4.69) is 5.32 Å². The molecule has 0 spiro atoms. The van der Waals surface area contributed by atoms with Crippen molar-refractivity contribution >= 4 is 11.6 Å². The van der Waals surface area contributed by atoms with Crippen molar-refractivity contribution in [1.29, 1.82) is 0 Å². The van der Waals surface area contributed by atoms with Crippen molar-refractivity contribution in [1.82, 2.24) is 4.90 Å². The van der Waals surface area contributed by atoms with Crippen molar-refractivity contribution < 1.29 is 9.18 Å². The number of nitrogens with zero attached hydrogens (tertiary/aromatic N) is 1. The van der Waals surface area contributed by atoms with Gasteiger partial charge in [-0.25, -0.2) is 4.39 Å². The van der Waals surface area contributed by atoms with Crippen molar-refractivity contribution in [2.45, 2.75) is 13.0 Å². The van der Waals surface area contributed by atoms with E-state index in [1.165, 1.54) is 12.1 Å². The quantitative estimate of drug-likeness (QED) is 0.929. The SMILES string of the molecule is CC(Nc1ccc(C(=O)N(C)C)cc1)c1ccc(F)cc1. The van der Waals surface area contributed by atoms with Crippen LogP contribution in [0.4, 0.5) is 10.1 Å². The number of nitrogens with one attached hydrogen (secondary N) is 1. The van der Waals surface area contributed by atoms with Gasteiger partial charge in [0.25, 0.3) is 5.91 Å². The van der Waals surface area contributed by atoms with Crippen LogP contribution in [0.15, 0.2) is 48.5 Å². The highest BCUT2D eigenvalue weighted by Crippen LogP contribution is 2.20. The van der Waals surface area contributed by atoms with Gasteiger partial charge in [0.05, 0.1) is 0 Å². The largest absolute Gasteiger partial charge is 0.379 e. The van der Waals surface area contributed by atoms with E-state index >= 15 is 0 Å². The fourth-order valence-corrected chi connectivity index (χ4v) is 2.05. The normalized spacial score (nSPS) is 11.8. The first-order chi connectivity index (χ1) is 9.97. The molecule has 0 saturated heterocycles. The van der Waals surface area contributed by atoms with Gasteiger partial charge in [0, 0.05) is 31.4 Å². The molecule has 0 aliphatic carbocycles. The van der Waals surface area contributed by atoms with Gasteiger partial charge >= 0.3 is 0 Å². The highest BCUT2D eigenvalue weighted by Gasteiger charge is 2.09. The minimum Gasteiger partial charge on any atom is -0.379 e. The van der Waals surface area contributed by atoms with E-state index in [-0.39, 0.29) is 17.8 Å². The smallest absolute Gasteiger partial charge is 0.253 e. The van der Waals surface area contributed by atoms with Gasteiger partial charge in [-0.3, -0.25) is 4.79 Å². The molecule has 0 aliphatic heterocycles. The molecule has 3 nitrogen and oxygen atoms in total. The second kappa shape index (κ2) is 6.39. The van der Waals surface area contributed by atoms with Crippen LogP contribution < -0.4 is 5.32 Å². The van der Waals surface area contributed by atoms with Crippen molar-refractivity contribution in [2.24, 2.45) is 0 Å². The van der Waals surface area contributed by atoms with Gasteiger partial charge < -0.3 is 10.2 Å². The average molecular weight is 286 g/mol. The Morgan fingerprint density at radius 1 is 1.05 bits per heavy atom. The molecule has 21 heavy (non-hydrogen) atoms. The maximum Gasteiger partial charge on any atom is 0.253 e. The number of benzene rings is 2. The van der Waals surface area contributed by atoms with Crippen LogP contribution in [-0.4, -0.2) is 24.9 Å². The summed E-state index contributed by atoms with van der Waals surface area (Å²) in [5, 5.41) is 3.33. The van der Waals surface area contributed by atoms with E-state index < -0.39 is 0 Å². The van der Waals surface area contributed by atoms with Gasteiger partial charge in [-0.2, -0.15) is 0 Å². The summed E-state index contributed by atoms with van der Waals surface area (Å²) in [6.45, 7) is 2.01. The number of hydrogen-bond acceptors (Lipinski definition) is 2. The number of carbonyl (C=O) groups excluding carboxylic acids is 1. The number of carbonyl (C=O) groups is 1. The Morgan fingerprint density at radius 2 is 1.62 bits per heavy atom. The lowest BCUT2D eigenvalue weighted by Gasteiger charge is -2.16. The molecule has 0 aliphatic rings. The predicted molar refractivity (Wildman–Crippen MR) is 82.9 cm³/mol. The van der Waals surface area contributed by atoms with E-state index in [1.54, 1.807) is 43.3 Å². The second-order valence-corrected chi connectivity index (χ2v) is 5.19. The number of anilines is 1. The minimum absolute atomic E-state index is 0.0202. The molecule has 110 valence electrons. The first-order valence-corrected chi connectivity index (χ1v) is 6.81. The summed E-state index contributed by atoms with van der Waals surface area (Å²) in [7, 11) is 3.45. The molecule has 1 atom stereocenters. The molecule has 0 radical (unpaired) electrons. The van der Waals surface area contributed by atoms with Gasteiger partial charge in [0.15, 0.2) is 0 Å². The average Bonchev–Trinajstić information content (AvgIpc) is 2.47. The zero-order chi connectivity index (χ0) is 15.4. The third kappa shape index (κ3) is 3.81. The molecule has 0 heterocycles. The molecule has 0 bridgehead atoms. The summed E-state index contributed by atoms with van der Waals surface area (Å²) in [5.74, 6) is -0.259. The number of hydrogen-bond donors (Lipinski definition) is 1. The van der Waals surface area contributed by atoms with Gasteiger partial charge in [-0.1, -0.05) is 12.1 Å². The van der Waals surface area contributed by atoms with Gasteiger partial charge in [0.1, 0.15) is 5.82 Å². The first-order valence-electron chi connectivity index (χ1n) is 6.81. The molecule has 1 unspecified atom stereocenters. The third-order valence-corrected chi connectivity index (χ3v) is 3.29. The lowest BCUT2D eigenvalue weighted by Crippen LogP contribution is -2.21. The van der Waals surface area contributed by atoms with Crippen molar-refractivity contribution in [2.75, 3.05) is 19.4 Å². The molecule has 0 aromatic heterocycles. The summed E-state index contributed by atoms with van der Waals surface area (Å²) in [4.78, 5) is 13.3. The van der Waals surface area contributed by atoms with E-state index in [0.29, 0.717) is 5.56 Å². The molecule has 0 fully saturated rings. The Labute approximate surface area is 124 Å². The maximum absolute atomic E-state index is 12.9. The van der Waals surface area contributed by atoms with E-state index in [9.17, 15) is 9.18 Å². The molecule has 1 N–H and O–H groups in total. The number of amides is 1. The highest BCUT2D eigenvalue weighted by atomic mass is 19.1. The molecule has 2 aromatic carbocycles. The Balaban J connectivity index is 2.06. The van der Waals surface area contributed by atoms with Crippen LogP contribution in [0.1, 0.15) is 28.9 Å². The van der Waals surface area contributed by atoms with E-state index in [4.69, 9.17) is 0 Å². The fraction of sp³-hybridized carbons (Fsp3) is 0.235. The van der Waals surface area contributed by atoms with Crippen LogP contribution in [0, 0.1) is 5.82 Å². The van der Waals surface area contributed by atoms with E-state index in [1.807, 2.05) is 19.1 Å². The summed E-state index contributed by atoms with van der Waals surface area (Å²) in [6.07, 6.45) is 0. The van der Waals surface area contributed by atoms with Crippen molar-refractivity contribution in [3.05, 3.63) is 65.5 Å². The molecular formula is C17H19FN2O. The maximum atomic E-state index is 12.9. The van der Waals surface area contributed by atoms with Crippen LogP contribution in [-0.2, 0) is 0 Å². The third-order valence-electron chi connectivity index (χ3n) is 3.29. The molecule has 0 saturated carbocycles. The molecular weight excluding hydrogens is 267 g/mol. The van der Waals surface area contributed by atoms with Crippen LogP contribution >= 0.6 is 0 Å². The van der Waals surface area contributed by atoms with Gasteiger partial charge in [0.2, 0.25) is 0 Å². The van der Waals surface area contributed by atoms with Crippen LogP contribution in [0.5, 0.6) is 0 Å². The zero-order valence-corrected chi connectivity index (χ0v) is 12.4. The first kappa shape index (κ1) is 15.0. The van der Waals surface area contributed by atoms with Crippen LogP contribution in [0.25, 0.3) is 0 Å². The highest BCUT2D eigenvalue weighted by molar-refractivity contribution is 5.94. The number of halogens is 1. The Bertz CT molecular complexity index is 606. The molecule has 2 rings (SSSR count). The molecule has 1 amide bonds. The van der Waals surface area contributed by atoms with E-state index in [0.717, 1.165) is 11.3 Å². The Morgan fingerprint density at radius 3 is 2.14 bits per heavy atom. The predicted octanol–water partition coefficient (Wildman–Crippen LogP) is 3.70. The lowest BCUT2D eigenvalue weighted by atomic mass is 10.1. The fourth-order valence-electron chi connectivity index (χ4n) is 2.05. The summed E-state index contributed by atoms with van der Waals surface area (Å²) < 4.78 is 12.9. The summed E-state index contributed by atoms with van der Waals surface area (Å²) >= 11 is 0. The monoisotopic (exact) mass is 286 g/mol. The van der Waals surface area contributed by atoms with Gasteiger partial charge in [-0.15, -0.1) is 0 Å². The second-order valence-electron chi connectivity index (χ2n) is 5.19. The topological polar surface area (TPSA) is 32.3 Å². The Kier molecular flexibility index (Phi) is 4.58. The summed E-state index contributed by atoms with van der Waals surface area (Å²) in [5.41, 5.74) is 2.58. The number of rotatable bonds is 4. The molecule has 2 aromatic rings. The van der Waals surface area contributed by atoms with Crippen LogP contribution in [0.3, 0.4) is 0 Å². The minimum atomic E-state index is -0.238. The van der Waals surface area contributed by atoms with Gasteiger partial charge in [-0.05, 0) is 48.9 Å². The Hall–Kier alpha value is -2.36. The lowest BCUT2D eigenvalue weighted by molar-refractivity contribution is 0.0827. The van der Waals surface area contributed by atoms with Crippen LogP contribution in [0.2, 0.25) is 0 Å². The zero-order valence-electron chi connectivity index (χ0n) is 12.4.